The van der Waals surface area contributed by atoms with Crippen molar-refractivity contribution in [3.8, 4) is 17.2 Å². The van der Waals surface area contributed by atoms with Crippen molar-refractivity contribution in [2.24, 2.45) is 0 Å². The topological polar surface area (TPSA) is 109 Å². The van der Waals surface area contributed by atoms with Gasteiger partial charge in [0.25, 0.3) is 11.5 Å². The number of carbonyl (C=O) groups is 2. The van der Waals surface area contributed by atoms with Crippen molar-refractivity contribution in [2.75, 3.05) is 25.6 Å². The van der Waals surface area contributed by atoms with Crippen LogP contribution in [0.2, 0.25) is 0 Å². The second-order valence-electron chi connectivity index (χ2n) is 6.20. The lowest BCUT2D eigenvalue weighted by atomic mass is 10.3. The Hall–Kier alpha value is -4.14. The lowest BCUT2D eigenvalue weighted by Crippen LogP contribution is -2.27. The summed E-state index contributed by atoms with van der Waals surface area (Å²) in [5.41, 5.74) is 0.190. The van der Waals surface area contributed by atoms with Crippen molar-refractivity contribution in [2.45, 2.75) is 6.92 Å². The molecule has 0 saturated heterocycles. The third kappa shape index (κ3) is 5.27. The van der Waals surface area contributed by atoms with E-state index in [2.05, 4.69) is 10.4 Å². The molecular formula is C22H21N3O6. The molecule has 0 aliphatic rings. The molecule has 1 heterocycles. The van der Waals surface area contributed by atoms with Crippen molar-refractivity contribution in [1.82, 2.24) is 9.78 Å². The molecule has 3 aromatic rings. The Morgan fingerprint density at radius 3 is 2.45 bits per heavy atom. The number of hydrogen-bond donors (Lipinski definition) is 1. The highest BCUT2D eigenvalue weighted by atomic mass is 16.5. The smallest absolute Gasteiger partial charge is 0.362 e. The first-order valence-corrected chi connectivity index (χ1v) is 9.46. The maximum atomic E-state index is 12.5. The Bertz CT molecular complexity index is 1130. The zero-order valence-corrected chi connectivity index (χ0v) is 17.0. The monoisotopic (exact) mass is 423 g/mol. The summed E-state index contributed by atoms with van der Waals surface area (Å²) in [6.07, 6.45) is 0. The van der Waals surface area contributed by atoms with Gasteiger partial charge in [-0.3, -0.25) is 9.59 Å². The minimum Gasteiger partial charge on any atom is -0.495 e. The van der Waals surface area contributed by atoms with Gasteiger partial charge in [0, 0.05) is 0 Å². The van der Waals surface area contributed by atoms with Gasteiger partial charge in [-0.15, -0.1) is 0 Å². The van der Waals surface area contributed by atoms with Crippen molar-refractivity contribution >= 4 is 17.6 Å². The Morgan fingerprint density at radius 1 is 1.03 bits per heavy atom. The molecule has 3 rings (SSSR count). The lowest BCUT2D eigenvalue weighted by molar-refractivity contribution is -0.118. The van der Waals surface area contributed by atoms with Crippen LogP contribution in [0.25, 0.3) is 5.69 Å². The molecule has 0 bridgehead atoms. The van der Waals surface area contributed by atoms with Crippen molar-refractivity contribution in [3.05, 3.63) is 76.7 Å². The van der Waals surface area contributed by atoms with E-state index in [1.807, 2.05) is 0 Å². The molecule has 9 nitrogen and oxygen atoms in total. The largest absolute Gasteiger partial charge is 0.495 e. The van der Waals surface area contributed by atoms with E-state index in [1.54, 1.807) is 61.5 Å². The van der Waals surface area contributed by atoms with Crippen molar-refractivity contribution in [1.29, 1.82) is 0 Å². The molecule has 1 amide bonds. The van der Waals surface area contributed by atoms with Crippen LogP contribution in [-0.2, 0) is 9.53 Å². The summed E-state index contributed by atoms with van der Waals surface area (Å²) in [6.45, 7) is 1.30. The van der Waals surface area contributed by atoms with Crippen molar-refractivity contribution < 1.29 is 23.8 Å². The number of esters is 1. The summed E-state index contributed by atoms with van der Waals surface area (Å²) in [6, 6.07) is 16.6. The van der Waals surface area contributed by atoms with Crippen LogP contribution in [-0.4, -0.2) is 42.0 Å². The zero-order chi connectivity index (χ0) is 22.2. The molecule has 0 spiro atoms. The number of methoxy groups -OCH3 is 1. The normalized spacial score (nSPS) is 10.3. The molecule has 0 fully saturated rings. The molecule has 2 aromatic carbocycles. The number of hydrogen-bond acceptors (Lipinski definition) is 7. The number of anilines is 1. The molecule has 0 atom stereocenters. The fourth-order valence-corrected chi connectivity index (χ4v) is 2.72. The third-order valence-corrected chi connectivity index (χ3v) is 4.11. The minimum atomic E-state index is -0.771. The summed E-state index contributed by atoms with van der Waals surface area (Å²) in [5.74, 6) is -0.945. The average Bonchev–Trinajstić information content (AvgIpc) is 2.78. The molecule has 0 radical (unpaired) electrons. The Kier molecular flexibility index (Phi) is 7.00. The highest BCUT2D eigenvalue weighted by molar-refractivity contribution is 5.94. The van der Waals surface area contributed by atoms with Crippen LogP contribution in [0.5, 0.6) is 11.5 Å². The van der Waals surface area contributed by atoms with Crippen LogP contribution in [0.4, 0.5) is 5.69 Å². The van der Waals surface area contributed by atoms with Gasteiger partial charge in [0.2, 0.25) is 5.69 Å². The van der Waals surface area contributed by atoms with Gasteiger partial charge in [-0.25, -0.2) is 4.79 Å². The van der Waals surface area contributed by atoms with E-state index in [1.165, 1.54) is 7.11 Å². The first-order chi connectivity index (χ1) is 15.0. The quantitative estimate of drug-likeness (QED) is 0.554. The summed E-state index contributed by atoms with van der Waals surface area (Å²) < 4.78 is 16.7. The van der Waals surface area contributed by atoms with E-state index in [0.717, 1.165) is 10.7 Å². The molecule has 31 heavy (non-hydrogen) atoms. The predicted molar refractivity (Wildman–Crippen MR) is 113 cm³/mol. The first kappa shape index (κ1) is 21.6. The second kappa shape index (κ2) is 10.1. The van der Waals surface area contributed by atoms with Gasteiger partial charge >= 0.3 is 5.97 Å². The van der Waals surface area contributed by atoms with E-state index in [0.29, 0.717) is 17.1 Å². The molecular weight excluding hydrogens is 402 g/mol. The van der Waals surface area contributed by atoms with Crippen LogP contribution in [0.3, 0.4) is 0 Å². The van der Waals surface area contributed by atoms with Crippen molar-refractivity contribution in [3.63, 3.8) is 0 Å². The number of aromatic nitrogens is 2. The Morgan fingerprint density at radius 2 is 1.74 bits per heavy atom. The molecule has 0 aliphatic carbocycles. The Labute approximate surface area is 178 Å². The van der Waals surface area contributed by atoms with E-state index < -0.39 is 24.0 Å². The fraction of sp³-hybridized carbons (Fsp3) is 0.182. The highest BCUT2D eigenvalue weighted by Gasteiger charge is 2.20. The Balaban J connectivity index is 1.84. The van der Waals surface area contributed by atoms with Gasteiger partial charge in [-0.2, -0.15) is 9.78 Å². The number of rotatable bonds is 8. The van der Waals surface area contributed by atoms with Gasteiger partial charge in [-0.05, 0) is 31.2 Å². The molecule has 1 N–H and O–H groups in total. The number of ether oxygens (including phenoxy) is 3. The minimum absolute atomic E-state index is 0.110. The maximum Gasteiger partial charge on any atom is 0.362 e. The van der Waals surface area contributed by atoms with E-state index in [9.17, 15) is 14.4 Å². The molecule has 0 aliphatic heterocycles. The fourth-order valence-electron chi connectivity index (χ4n) is 2.72. The summed E-state index contributed by atoms with van der Waals surface area (Å²) in [7, 11) is 1.49. The molecule has 9 heteroatoms. The van der Waals surface area contributed by atoms with Gasteiger partial charge in [-0.1, -0.05) is 30.3 Å². The molecule has 0 saturated carbocycles. The molecule has 0 unspecified atom stereocenters. The number of nitrogens with one attached hydrogen (secondary N) is 1. The van der Waals surface area contributed by atoms with E-state index in [-0.39, 0.29) is 18.1 Å². The zero-order valence-electron chi connectivity index (χ0n) is 17.0. The van der Waals surface area contributed by atoms with Crippen LogP contribution in [0, 0.1) is 0 Å². The average molecular weight is 423 g/mol. The highest BCUT2D eigenvalue weighted by Crippen LogP contribution is 2.23. The van der Waals surface area contributed by atoms with E-state index in [4.69, 9.17) is 14.2 Å². The molecule has 1 aromatic heterocycles. The first-order valence-electron chi connectivity index (χ1n) is 9.46. The van der Waals surface area contributed by atoms with Crippen LogP contribution < -0.4 is 20.3 Å². The number of amides is 1. The van der Waals surface area contributed by atoms with Gasteiger partial charge in [0.05, 0.1) is 31.2 Å². The number of nitrogens with zero attached hydrogens (tertiary/aromatic N) is 2. The van der Waals surface area contributed by atoms with E-state index >= 15 is 0 Å². The number of carbonyl (C=O) groups excluding carboxylic acids is 2. The summed E-state index contributed by atoms with van der Waals surface area (Å²) in [5, 5.41) is 6.75. The summed E-state index contributed by atoms with van der Waals surface area (Å²) in [4.78, 5) is 37.2. The van der Waals surface area contributed by atoms with Crippen LogP contribution >= 0.6 is 0 Å². The van der Waals surface area contributed by atoms with Crippen LogP contribution in [0.15, 0.2) is 65.5 Å². The maximum absolute atomic E-state index is 12.5. The number of para-hydroxylation sites is 3. The van der Waals surface area contributed by atoms with Gasteiger partial charge < -0.3 is 19.5 Å². The molecule has 160 valence electrons. The third-order valence-electron chi connectivity index (χ3n) is 4.11. The predicted octanol–water partition coefficient (Wildman–Crippen LogP) is 2.44. The SMILES string of the molecule is CCOC(=O)c1nn(-c2ccccc2)c(=O)cc1OCC(=O)Nc1ccccc1OC. The second-order valence-corrected chi connectivity index (χ2v) is 6.20. The van der Waals surface area contributed by atoms with Gasteiger partial charge in [0.1, 0.15) is 5.75 Å². The van der Waals surface area contributed by atoms with Crippen LogP contribution in [0.1, 0.15) is 17.4 Å². The number of benzene rings is 2. The summed E-state index contributed by atoms with van der Waals surface area (Å²) >= 11 is 0. The standard InChI is InChI=1S/C22H21N3O6/c1-3-30-22(28)21-18(13-20(27)25(24-21)15-9-5-4-6-10-15)31-14-19(26)23-16-11-7-8-12-17(16)29-2/h4-13H,3,14H2,1-2H3,(H,23,26). The lowest BCUT2D eigenvalue weighted by Gasteiger charge is -2.13. The van der Waals surface area contributed by atoms with Gasteiger partial charge in [0.15, 0.2) is 12.4 Å².